The largest absolute Gasteiger partial charge is 0.384 e. The summed E-state index contributed by atoms with van der Waals surface area (Å²) in [6.45, 7) is 6.40. The van der Waals surface area contributed by atoms with E-state index in [4.69, 9.17) is 22.7 Å². The van der Waals surface area contributed by atoms with Crippen LogP contribution in [0.25, 0.3) is 0 Å². The van der Waals surface area contributed by atoms with E-state index in [1.807, 2.05) is 12.1 Å². The van der Waals surface area contributed by atoms with Crippen molar-refractivity contribution in [2.75, 3.05) is 0 Å². The predicted molar refractivity (Wildman–Crippen MR) is 68.1 cm³/mol. The fraction of sp³-hybridized carbons (Fsp3) is 0.364. The topological polar surface area (TPSA) is 49.9 Å². The molecule has 0 saturated heterocycles. The van der Waals surface area contributed by atoms with Gasteiger partial charge < -0.3 is 5.73 Å². The van der Waals surface area contributed by atoms with Gasteiger partial charge in [-0.3, -0.25) is 5.41 Å². The predicted octanol–water partition coefficient (Wildman–Crippen LogP) is 3.51. The molecule has 0 fully saturated rings. The van der Waals surface area contributed by atoms with Gasteiger partial charge in [-0.05, 0) is 12.1 Å². The van der Waals surface area contributed by atoms with E-state index in [-0.39, 0.29) is 10.6 Å². The zero-order valence-corrected chi connectivity index (χ0v) is 10.7. The smallest absolute Gasteiger partial charge is 0.122 e. The lowest BCUT2D eigenvalue weighted by atomic mass is 10.2. The molecule has 4 heteroatoms. The van der Waals surface area contributed by atoms with E-state index in [0.717, 1.165) is 4.90 Å². The Bertz CT molecular complexity index is 383. The molecule has 3 N–H and O–H groups in total. The van der Waals surface area contributed by atoms with Crippen molar-refractivity contribution >= 4 is 29.2 Å². The Morgan fingerprint density at radius 2 is 2.00 bits per heavy atom. The highest BCUT2D eigenvalue weighted by atomic mass is 35.5. The highest BCUT2D eigenvalue weighted by Gasteiger charge is 2.14. The van der Waals surface area contributed by atoms with Crippen molar-refractivity contribution in [2.45, 2.75) is 30.4 Å². The van der Waals surface area contributed by atoms with Gasteiger partial charge in [0.25, 0.3) is 0 Å². The molecular formula is C11H15ClN2S. The third kappa shape index (κ3) is 3.76. The molecule has 0 amide bonds. The number of benzene rings is 1. The number of hydrogen-bond acceptors (Lipinski definition) is 2. The second-order valence-electron chi connectivity index (χ2n) is 4.27. The van der Waals surface area contributed by atoms with E-state index in [1.54, 1.807) is 17.8 Å². The highest BCUT2D eigenvalue weighted by Crippen LogP contribution is 2.36. The third-order valence-corrected chi connectivity index (χ3v) is 3.27. The summed E-state index contributed by atoms with van der Waals surface area (Å²) >= 11 is 7.81. The summed E-state index contributed by atoms with van der Waals surface area (Å²) in [4.78, 5) is 1.02. The number of hydrogen-bond donors (Lipinski definition) is 2. The first kappa shape index (κ1) is 12.4. The molecule has 0 aliphatic carbocycles. The van der Waals surface area contributed by atoms with Crippen molar-refractivity contribution in [1.29, 1.82) is 5.41 Å². The third-order valence-electron chi connectivity index (χ3n) is 1.66. The van der Waals surface area contributed by atoms with Gasteiger partial charge in [-0.15, -0.1) is 11.8 Å². The maximum absolute atomic E-state index is 7.29. The molecule has 0 unspecified atom stereocenters. The molecule has 1 rings (SSSR count). The monoisotopic (exact) mass is 242 g/mol. The van der Waals surface area contributed by atoms with Crippen LogP contribution in [-0.2, 0) is 0 Å². The van der Waals surface area contributed by atoms with Crippen LogP contribution >= 0.6 is 23.4 Å². The van der Waals surface area contributed by atoms with Crippen molar-refractivity contribution in [3.8, 4) is 0 Å². The lowest BCUT2D eigenvalue weighted by molar-refractivity contribution is 0.803. The van der Waals surface area contributed by atoms with Gasteiger partial charge in [0.2, 0.25) is 0 Å². The van der Waals surface area contributed by atoms with Crippen LogP contribution in [0.15, 0.2) is 23.1 Å². The molecule has 1 aromatic carbocycles. The minimum Gasteiger partial charge on any atom is -0.384 e. The second kappa shape index (κ2) is 4.45. The average molecular weight is 243 g/mol. The fourth-order valence-corrected chi connectivity index (χ4v) is 2.33. The van der Waals surface area contributed by atoms with E-state index < -0.39 is 0 Å². The summed E-state index contributed by atoms with van der Waals surface area (Å²) < 4.78 is 0.126. The molecule has 15 heavy (non-hydrogen) atoms. The van der Waals surface area contributed by atoms with Gasteiger partial charge in [0, 0.05) is 15.2 Å². The normalized spacial score (nSPS) is 11.5. The quantitative estimate of drug-likeness (QED) is 0.474. The standard InChI is InChI=1S/C11H15ClN2S/c1-11(2,3)15-9-5-4-7(10(13)14)6-8(9)12/h4-6H,1-3H3,(H3,13,14). The van der Waals surface area contributed by atoms with Gasteiger partial charge in [-0.25, -0.2) is 0 Å². The number of thioether (sulfide) groups is 1. The molecular weight excluding hydrogens is 228 g/mol. The van der Waals surface area contributed by atoms with Crippen molar-refractivity contribution in [1.82, 2.24) is 0 Å². The van der Waals surface area contributed by atoms with Crippen LogP contribution in [0.3, 0.4) is 0 Å². The van der Waals surface area contributed by atoms with Crippen LogP contribution in [-0.4, -0.2) is 10.6 Å². The lowest BCUT2D eigenvalue weighted by Gasteiger charge is -2.18. The molecule has 1 aromatic rings. The first-order chi connectivity index (χ1) is 6.79. The van der Waals surface area contributed by atoms with Crippen LogP contribution in [0.1, 0.15) is 26.3 Å². The molecule has 0 bridgehead atoms. The van der Waals surface area contributed by atoms with E-state index >= 15 is 0 Å². The molecule has 0 aliphatic heterocycles. The zero-order valence-electron chi connectivity index (χ0n) is 9.10. The van der Waals surface area contributed by atoms with E-state index in [1.165, 1.54) is 0 Å². The van der Waals surface area contributed by atoms with Crippen LogP contribution in [0.5, 0.6) is 0 Å². The summed E-state index contributed by atoms with van der Waals surface area (Å²) in [6, 6.07) is 5.47. The minimum atomic E-state index is 0.0456. The van der Waals surface area contributed by atoms with Gasteiger partial charge in [0.05, 0.1) is 5.02 Å². The minimum absolute atomic E-state index is 0.0456. The Labute approximate surface area is 99.7 Å². The van der Waals surface area contributed by atoms with Gasteiger partial charge in [-0.2, -0.15) is 0 Å². The Kier molecular flexibility index (Phi) is 3.68. The first-order valence-electron chi connectivity index (χ1n) is 4.62. The van der Waals surface area contributed by atoms with Crippen molar-refractivity contribution < 1.29 is 0 Å². The first-order valence-corrected chi connectivity index (χ1v) is 5.82. The summed E-state index contributed by atoms with van der Waals surface area (Å²) in [7, 11) is 0. The maximum atomic E-state index is 7.29. The molecule has 0 radical (unpaired) electrons. The number of halogens is 1. The Balaban J connectivity index is 2.99. The van der Waals surface area contributed by atoms with E-state index in [2.05, 4.69) is 20.8 Å². The highest BCUT2D eigenvalue weighted by molar-refractivity contribution is 8.00. The van der Waals surface area contributed by atoms with Gasteiger partial charge in [-0.1, -0.05) is 38.4 Å². The molecule has 0 heterocycles. The average Bonchev–Trinajstić information content (AvgIpc) is 2.05. The summed E-state index contributed by atoms with van der Waals surface area (Å²) in [5.41, 5.74) is 6.04. The zero-order chi connectivity index (χ0) is 11.6. The van der Waals surface area contributed by atoms with Gasteiger partial charge >= 0.3 is 0 Å². The number of rotatable bonds is 2. The van der Waals surface area contributed by atoms with Crippen LogP contribution in [0.2, 0.25) is 5.02 Å². The van der Waals surface area contributed by atoms with E-state index in [9.17, 15) is 0 Å². The molecule has 0 spiro atoms. The number of nitrogens with two attached hydrogens (primary N) is 1. The van der Waals surface area contributed by atoms with Crippen molar-refractivity contribution in [2.24, 2.45) is 5.73 Å². The van der Waals surface area contributed by atoms with Crippen molar-refractivity contribution in [3.05, 3.63) is 28.8 Å². The summed E-state index contributed by atoms with van der Waals surface area (Å²) in [6.07, 6.45) is 0. The van der Waals surface area contributed by atoms with Gasteiger partial charge in [0.1, 0.15) is 5.84 Å². The summed E-state index contributed by atoms with van der Waals surface area (Å²) in [5.74, 6) is 0.0456. The molecule has 0 atom stereocenters. The van der Waals surface area contributed by atoms with Crippen molar-refractivity contribution in [3.63, 3.8) is 0 Å². The van der Waals surface area contributed by atoms with Crippen LogP contribution in [0.4, 0.5) is 0 Å². The molecule has 2 nitrogen and oxygen atoms in total. The Morgan fingerprint density at radius 3 is 2.40 bits per heavy atom. The number of nitrogens with one attached hydrogen (secondary N) is 1. The van der Waals surface area contributed by atoms with E-state index in [0.29, 0.717) is 10.6 Å². The summed E-state index contributed by atoms with van der Waals surface area (Å²) in [5, 5.41) is 7.95. The molecule has 0 aliphatic rings. The molecule has 82 valence electrons. The molecule has 0 saturated carbocycles. The fourth-order valence-electron chi connectivity index (χ4n) is 1.08. The number of amidine groups is 1. The van der Waals surface area contributed by atoms with Crippen LogP contribution < -0.4 is 5.73 Å². The number of nitrogen functional groups attached to an aromatic ring is 1. The van der Waals surface area contributed by atoms with Crippen LogP contribution in [0, 0.1) is 5.41 Å². The lowest BCUT2D eigenvalue weighted by Crippen LogP contribution is -2.11. The molecule has 0 aromatic heterocycles. The Morgan fingerprint density at radius 1 is 1.40 bits per heavy atom. The maximum Gasteiger partial charge on any atom is 0.122 e. The SMILES string of the molecule is CC(C)(C)Sc1ccc(C(=N)N)cc1Cl. The second-order valence-corrected chi connectivity index (χ2v) is 6.55. The Hall–Kier alpha value is -0.670. The van der Waals surface area contributed by atoms with Gasteiger partial charge in [0.15, 0.2) is 0 Å².